The summed E-state index contributed by atoms with van der Waals surface area (Å²) in [6, 6.07) is 0. The molecule has 0 saturated carbocycles. The molecule has 13 heavy (non-hydrogen) atoms. The van der Waals surface area contributed by atoms with Crippen molar-refractivity contribution in [2.45, 2.75) is 18.4 Å². The fourth-order valence-corrected chi connectivity index (χ4v) is 3.81. The zero-order valence-corrected chi connectivity index (χ0v) is 7.89. The van der Waals surface area contributed by atoms with E-state index in [1.807, 2.05) is 0 Å². The second kappa shape index (κ2) is 2.35. The topological polar surface area (TPSA) is 60.4 Å². The maximum absolute atomic E-state index is 11.2. The van der Waals surface area contributed by atoms with Crippen molar-refractivity contribution in [3.8, 4) is 0 Å². The van der Waals surface area contributed by atoms with Crippen molar-refractivity contribution in [2.24, 2.45) is 0 Å². The summed E-state index contributed by atoms with van der Waals surface area (Å²) in [5, 5.41) is 0. The van der Waals surface area contributed by atoms with E-state index < -0.39 is 21.4 Å². The maximum Gasteiger partial charge on any atom is 0.334 e. The minimum Gasteiger partial charge on any atom is -0.454 e. The number of carbonyl (C=O) groups is 1. The number of hydrogen-bond donors (Lipinski definition) is 0. The van der Waals surface area contributed by atoms with E-state index in [4.69, 9.17) is 4.74 Å². The summed E-state index contributed by atoms with van der Waals surface area (Å²) in [5.74, 6) is -0.365. The maximum atomic E-state index is 11.2. The first-order valence-corrected chi connectivity index (χ1v) is 5.86. The fraction of sp³-hybridized carbons (Fsp3) is 0.625. The lowest BCUT2D eigenvalue weighted by Gasteiger charge is -2.18. The van der Waals surface area contributed by atoms with Crippen LogP contribution >= 0.6 is 0 Å². The van der Waals surface area contributed by atoms with E-state index in [1.54, 1.807) is 0 Å². The Morgan fingerprint density at radius 3 is 2.54 bits per heavy atom. The Balaban J connectivity index is 2.28. The van der Waals surface area contributed by atoms with Gasteiger partial charge in [-0.3, -0.25) is 0 Å². The molecule has 0 amide bonds. The molecule has 5 heteroatoms. The zero-order chi connectivity index (χ0) is 9.69. The summed E-state index contributed by atoms with van der Waals surface area (Å²) in [6.45, 7) is 3.53. The fourth-order valence-electron chi connectivity index (χ4n) is 1.87. The van der Waals surface area contributed by atoms with Gasteiger partial charge in [0, 0.05) is 18.4 Å². The van der Waals surface area contributed by atoms with Crippen LogP contribution in [0.5, 0.6) is 0 Å². The molecule has 72 valence electrons. The molecule has 2 heterocycles. The summed E-state index contributed by atoms with van der Waals surface area (Å²) in [5.41, 5.74) is -0.385. The number of ether oxygens (including phenoxy) is 1. The van der Waals surface area contributed by atoms with E-state index >= 15 is 0 Å². The third-order valence-corrected chi connectivity index (χ3v) is 4.28. The van der Waals surface area contributed by atoms with E-state index in [9.17, 15) is 13.2 Å². The lowest BCUT2D eigenvalue weighted by Crippen LogP contribution is -2.29. The SMILES string of the molecule is C=C1CC2(CCS(=O)(=O)C2)OC1=O. The lowest BCUT2D eigenvalue weighted by atomic mass is 9.98. The first-order valence-electron chi connectivity index (χ1n) is 4.04. The normalized spacial score (nSPS) is 36.9. The van der Waals surface area contributed by atoms with Gasteiger partial charge >= 0.3 is 5.97 Å². The van der Waals surface area contributed by atoms with Crippen LogP contribution in [0.3, 0.4) is 0 Å². The smallest absolute Gasteiger partial charge is 0.334 e. The highest BCUT2D eigenvalue weighted by Gasteiger charge is 2.50. The summed E-state index contributed by atoms with van der Waals surface area (Å²) in [6.07, 6.45) is 0.783. The van der Waals surface area contributed by atoms with E-state index in [-0.39, 0.29) is 11.5 Å². The molecule has 0 aromatic heterocycles. The summed E-state index contributed by atoms with van der Waals surface area (Å²) >= 11 is 0. The highest BCUT2D eigenvalue weighted by atomic mass is 32.2. The van der Waals surface area contributed by atoms with Gasteiger partial charge in [0.2, 0.25) is 0 Å². The van der Waals surface area contributed by atoms with Crippen molar-refractivity contribution >= 4 is 15.8 Å². The van der Waals surface area contributed by atoms with Crippen molar-refractivity contribution in [1.82, 2.24) is 0 Å². The van der Waals surface area contributed by atoms with Crippen molar-refractivity contribution in [1.29, 1.82) is 0 Å². The zero-order valence-electron chi connectivity index (χ0n) is 7.08. The van der Waals surface area contributed by atoms with Gasteiger partial charge in [0.15, 0.2) is 9.84 Å². The van der Waals surface area contributed by atoms with Gasteiger partial charge in [-0.1, -0.05) is 6.58 Å². The first kappa shape index (κ1) is 8.74. The standard InChI is InChI=1S/C8H10O4S/c1-6-4-8(12-7(6)9)2-3-13(10,11)5-8/h1-5H2. The van der Waals surface area contributed by atoms with Gasteiger partial charge in [-0.25, -0.2) is 13.2 Å². The Labute approximate surface area is 76.5 Å². The molecule has 2 saturated heterocycles. The molecule has 2 rings (SSSR count). The second-order valence-corrected chi connectivity index (χ2v) is 5.88. The van der Waals surface area contributed by atoms with E-state index in [1.165, 1.54) is 0 Å². The van der Waals surface area contributed by atoms with Crippen LogP contribution in [0.25, 0.3) is 0 Å². The van der Waals surface area contributed by atoms with E-state index in [0.29, 0.717) is 18.4 Å². The predicted octanol–water partition coefficient (Wildman–Crippen LogP) is 0.0468. The quantitative estimate of drug-likeness (QED) is 0.411. The molecule has 0 aromatic rings. The van der Waals surface area contributed by atoms with Crippen molar-refractivity contribution < 1.29 is 17.9 Å². The molecule has 0 radical (unpaired) electrons. The third kappa shape index (κ3) is 1.37. The molecular formula is C8H10O4S. The van der Waals surface area contributed by atoms with Crippen LogP contribution in [0.2, 0.25) is 0 Å². The van der Waals surface area contributed by atoms with Gasteiger partial charge in [-0.2, -0.15) is 0 Å². The lowest BCUT2D eigenvalue weighted by molar-refractivity contribution is -0.144. The third-order valence-electron chi connectivity index (χ3n) is 2.49. The molecule has 0 bridgehead atoms. The Morgan fingerprint density at radius 1 is 1.46 bits per heavy atom. The minimum absolute atomic E-state index is 0.0369. The van der Waals surface area contributed by atoms with Gasteiger partial charge in [-0.15, -0.1) is 0 Å². The number of esters is 1. The molecule has 0 aromatic carbocycles. The van der Waals surface area contributed by atoms with Crippen molar-refractivity contribution in [3.63, 3.8) is 0 Å². The molecule has 2 fully saturated rings. The average molecular weight is 202 g/mol. The minimum atomic E-state index is -3.00. The summed E-state index contributed by atoms with van der Waals surface area (Å²) in [4.78, 5) is 11.0. The van der Waals surface area contributed by atoms with Gasteiger partial charge in [-0.05, 0) is 0 Å². The summed E-state index contributed by atoms with van der Waals surface area (Å²) in [7, 11) is -3.00. The number of sulfone groups is 1. The largest absolute Gasteiger partial charge is 0.454 e. The van der Waals surface area contributed by atoms with Crippen molar-refractivity contribution in [3.05, 3.63) is 12.2 Å². The molecule has 2 aliphatic rings. The molecule has 1 atom stereocenters. The second-order valence-electron chi connectivity index (χ2n) is 3.69. The average Bonchev–Trinajstić information content (AvgIpc) is 2.38. The molecule has 4 nitrogen and oxygen atoms in total. The molecular weight excluding hydrogens is 192 g/mol. The predicted molar refractivity (Wildman–Crippen MR) is 45.9 cm³/mol. The van der Waals surface area contributed by atoms with E-state index in [2.05, 4.69) is 6.58 Å². The Bertz CT molecular complexity index is 363. The Hall–Kier alpha value is -0.840. The molecule has 2 aliphatic heterocycles. The highest BCUT2D eigenvalue weighted by Crippen LogP contribution is 2.38. The van der Waals surface area contributed by atoms with Crippen LogP contribution in [-0.4, -0.2) is 31.5 Å². The van der Waals surface area contributed by atoms with Gasteiger partial charge in [0.05, 0.1) is 11.5 Å². The molecule has 1 unspecified atom stereocenters. The first-order chi connectivity index (χ1) is 5.93. The Morgan fingerprint density at radius 2 is 2.15 bits per heavy atom. The Kier molecular flexibility index (Phi) is 1.58. The molecule has 1 spiro atoms. The summed E-state index contributed by atoms with van der Waals surface area (Å²) < 4.78 is 27.4. The number of hydrogen-bond acceptors (Lipinski definition) is 4. The highest BCUT2D eigenvalue weighted by molar-refractivity contribution is 7.91. The van der Waals surface area contributed by atoms with Crippen LogP contribution in [-0.2, 0) is 19.4 Å². The molecule has 0 aliphatic carbocycles. The van der Waals surface area contributed by atoms with Crippen LogP contribution in [0.1, 0.15) is 12.8 Å². The number of carbonyl (C=O) groups excluding carboxylic acids is 1. The van der Waals surface area contributed by atoms with E-state index in [0.717, 1.165) is 0 Å². The molecule has 0 N–H and O–H groups in total. The van der Waals surface area contributed by atoms with Crippen LogP contribution in [0.4, 0.5) is 0 Å². The van der Waals surface area contributed by atoms with Gasteiger partial charge in [0.1, 0.15) is 5.60 Å². The van der Waals surface area contributed by atoms with Gasteiger partial charge < -0.3 is 4.74 Å². The van der Waals surface area contributed by atoms with Crippen LogP contribution in [0.15, 0.2) is 12.2 Å². The van der Waals surface area contributed by atoms with Crippen molar-refractivity contribution in [2.75, 3.05) is 11.5 Å². The number of rotatable bonds is 0. The van der Waals surface area contributed by atoms with Gasteiger partial charge in [0.25, 0.3) is 0 Å². The van der Waals surface area contributed by atoms with Crippen LogP contribution in [0, 0.1) is 0 Å². The van der Waals surface area contributed by atoms with Crippen LogP contribution < -0.4 is 0 Å². The monoisotopic (exact) mass is 202 g/mol.